The molecule has 1 N–H and O–H groups in total. The summed E-state index contributed by atoms with van der Waals surface area (Å²) in [6.07, 6.45) is 1.87. The molecule has 0 aliphatic heterocycles. The van der Waals surface area contributed by atoms with Gasteiger partial charge in [0.25, 0.3) is 0 Å². The van der Waals surface area contributed by atoms with Gasteiger partial charge in [-0.3, -0.25) is 4.79 Å². The van der Waals surface area contributed by atoms with Gasteiger partial charge < -0.3 is 14.7 Å². The number of carboxylic acids is 1. The summed E-state index contributed by atoms with van der Waals surface area (Å²) in [6, 6.07) is 9.62. The number of hydrogen-bond acceptors (Lipinski definition) is 3. The van der Waals surface area contributed by atoms with E-state index in [0.717, 1.165) is 31.7 Å². The summed E-state index contributed by atoms with van der Waals surface area (Å²) in [4.78, 5) is 12.7. The average Bonchev–Trinajstić information content (AvgIpc) is 2.34. The van der Waals surface area contributed by atoms with Crippen LogP contribution in [0.25, 0.3) is 0 Å². The summed E-state index contributed by atoms with van der Waals surface area (Å²) < 4.78 is 4.98. The van der Waals surface area contributed by atoms with Crippen LogP contribution in [0, 0.1) is 0 Å². The molecule has 0 amide bonds. The minimum absolute atomic E-state index is 0.0387. The third-order valence-corrected chi connectivity index (χ3v) is 2.47. The molecular weight excluding hydrogens is 218 g/mol. The van der Waals surface area contributed by atoms with Gasteiger partial charge in [0.2, 0.25) is 0 Å². The Kier molecular flexibility index (Phi) is 6.10. The molecule has 94 valence electrons. The molecule has 0 aromatic heterocycles. The molecule has 0 aliphatic rings. The van der Waals surface area contributed by atoms with E-state index in [0.29, 0.717) is 0 Å². The van der Waals surface area contributed by atoms with Crippen molar-refractivity contribution in [2.24, 2.45) is 0 Å². The number of para-hydroxylation sites is 1. The lowest BCUT2D eigenvalue weighted by Gasteiger charge is -2.22. The maximum Gasteiger partial charge on any atom is 0.323 e. The van der Waals surface area contributed by atoms with Crippen molar-refractivity contribution in [3.63, 3.8) is 0 Å². The summed E-state index contributed by atoms with van der Waals surface area (Å²) in [6.45, 7) is 1.49. The van der Waals surface area contributed by atoms with Crippen molar-refractivity contribution in [1.29, 1.82) is 0 Å². The molecule has 0 radical (unpaired) electrons. The van der Waals surface area contributed by atoms with Gasteiger partial charge in [-0.1, -0.05) is 18.2 Å². The second kappa shape index (κ2) is 7.68. The number of carboxylic acid groups (broad SMARTS) is 1. The molecule has 0 aliphatic carbocycles. The van der Waals surface area contributed by atoms with Crippen molar-refractivity contribution in [3.8, 4) is 0 Å². The van der Waals surface area contributed by atoms with E-state index in [1.165, 1.54) is 0 Å². The molecule has 0 saturated heterocycles. The van der Waals surface area contributed by atoms with Crippen molar-refractivity contribution in [2.45, 2.75) is 12.8 Å². The number of methoxy groups -OCH3 is 1. The van der Waals surface area contributed by atoms with Crippen LogP contribution in [0.1, 0.15) is 12.8 Å². The van der Waals surface area contributed by atoms with Crippen LogP contribution in [-0.4, -0.2) is 37.9 Å². The summed E-state index contributed by atoms with van der Waals surface area (Å²) in [5.74, 6) is -0.805. The van der Waals surface area contributed by atoms with Crippen molar-refractivity contribution < 1.29 is 14.6 Å². The Labute approximate surface area is 102 Å². The lowest BCUT2D eigenvalue weighted by molar-refractivity contribution is -0.135. The lowest BCUT2D eigenvalue weighted by atomic mass is 10.2. The normalized spacial score (nSPS) is 10.2. The maximum absolute atomic E-state index is 10.8. The molecule has 0 bridgehead atoms. The molecule has 0 fully saturated rings. The van der Waals surface area contributed by atoms with Crippen LogP contribution in [0.4, 0.5) is 5.69 Å². The van der Waals surface area contributed by atoms with Gasteiger partial charge in [-0.25, -0.2) is 0 Å². The fourth-order valence-corrected chi connectivity index (χ4v) is 1.65. The van der Waals surface area contributed by atoms with Crippen molar-refractivity contribution >= 4 is 11.7 Å². The van der Waals surface area contributed by atoms with Gasteiger partial charge in [0.1, 0.15) is 6.54 Å². The topological polar surface area (TPSA) is 49.8 Å². The van der Waals surface area contributed by atoms with Gasteiger partial charge in [0, 0.05) is 25.9 Å². The van der Waals surface area contributed by atoms with E-state index in [1.54, 1.807) is 7.11 Å². The van der Waals surface area contributed by atoms with Gasteiger partial charge in [-0.2, -0.15) is 0 Å². The number of ether oxygens (including phenoxy) is 1. The summed E-state index contributed by atoms with van der Waals surface area (Å²) in [5, 5.41) is 8.88. The van der Waals surface area contributed by atoms with Crippen LogP contribution < -0.4 is 4.90 Å². The Bertz CT molecular complexity index is 327. The minimum atomic E-state index is -0.805. The Morgan fingerprint density at radius 2 is 2.00 bits per heavy atom. The predicted molar refractivity (Wildman–Crippen MR) is 67.4 cm³/mol. The Morgan fingerprint density at radius 1 is 1.29 bits per heavy atom. The van der Waals surface area contributed by atoms with Crippen LogP contribution in [0.15, 0.2) is 30.3 Å². The molecule has 0 saturated carbocycles. The van der Waals surface area contributed by atoms with Crippen LogP contribution in [0.3, 0.4) is 0 Å². The van der Waals surface area contributed by atoms with Crippen LogP contribution in [-0.2, 0) is 9.53 Å². The number of unbranched alkanes of at least 4 members (excludes halogenated alkanes) is 1. The third kappa shape index (κ3) is 5.36. The van der Waals surface area contributed by atoms with E-state index in [9.17, 15) is 4.79 Å². The summed E-state index contributed by atoms with van der Waals surface area (Å²) >= 11 is 0. The number of benzene rings is 1. The highest BCUT2D eigenvalue weighted by molar-refractivity contribution is 5.73. The first-order chi connectivity index (χ1) is 8.24. The predicted octanol–water partition coefficient (Wildman–Crippen LogP) is 2.00. The number of carbonyl (C=O) groups is 1. The second-order valence-electron chi connectivity index (χ2n) is 3.85. The number of hydrogen-bond donors (Lipinski definition) is 1. The Balaban J connectivity index is 2.52. The number of nitrogens with zero attached hydrogens (tertiary/aromatic N) is 1. The van der Waals surface area contributed by atoms with E-state index in [-0.39, 0.29) is 6.54 Å². The van der Waals surface area contributed by atoms with E-state index < -0.39 is 5.97 Å². The fraction of sp³-hybridized carbons (Fsp3) is 0.462. The van der Waals surface area contributed by atoms with Gasteiger partial charge in [0.15, 0.2) is 0 Å². The van der Waals surface area contributed by atoms with Gasteiger partial charge >= 0.3 is 5.97 Å². The maximum atomic E-state index is 10.8. The highest BCUT2D eigenvalue weighted by Gasteiger charge is 2.09. The molecule has 1 aromatic carbocycles. The zero-order chi connectivity index (χ0) is 12.5. The van der Waals surface area contributed by atoms with E-state index in [1.807, 2.05) is 35.2 Å². The minimum Gasteiger partial charge on any atom is -0.480 e. The molecule has 4 heteroatoms. The zero-order valence-corrected chi connectivity index (χ0v) is 10.1. The van der Waals surface area contributed by atoms with Gasteiger partial charge in [-0.05, 0) is 25.0 Å². The monoisotopic (exact) mass is 237 g/mol. The molecule has 0 unspecified atom stereocenters. The van der Waals surface area contributed by atoms with Crippen LogP contribution in [0.5, 0.6) is 0 Å². The number of anilines is 1. The van der Waals surface area contributed by atoms with E-state index in [2.05, 4.69) is 0 Å². The first-order valence-corrected chi connectivity index (χ1v) is 5.74. The largest absolute Gasteiger partial charge is 0.480 e. The standard InChI is InChI=1S/C13H19NO3/c1-17-10-6-5-9-14(11-13(15)16)12-7-3-2-4-8-12/h2-4,7-8H,5-6,9-11H2,1H3,(H,15,16). The van der Waals surface area contributed by atoms with E-state index >= 15 is 0 Å². The molecule has 1 aromatic rings. The highest BCUT2D eigenvalue weighted by Crippen LogP contribution is 2.13. The molecule has 0 spiro atoms. The van der Waals surface area contributed by atoms with Crippen LogP contribution in [0.2, 0.25) is 0 Å². The Morgan fingerprint density at radius 3 is 2.59 bits per heavy atom. The fourth-order valence-electron chi connectivity index (χ4n) is 1.65. The summed E-state index contributed by atoms with van der Waals surface area (Å²) in [5.41, 5.74) is 0.951. The Hall–Kier alpha value is -1.55. The lowest BCUT2D eigenvalue weighted by Crippen LogP contribution is -2.30. The highest BCUT2D eigenvalue weighted by atomic mass is 16.5. The molecule has 0 heterocycles. The smallest absolute Gasteiger partial charge is 0.323 e. The number of aliphatic carboxylic acids is 1. The molecular formula is C13H19NO3. The quantitative estimate of drug-likeness (QED) is 0.703. The summed E-state index contributed by atoms with van der Waals surface area (Å²) in [7, 11) is 1.67. The first kappa shape index (κ1) is 13.5. The molecule has 1 rings (SSSR count). The molecule has 17 heavy (non-hydrogen) atoms. The average molecular weight is 237 g/mol. The zero-order valence-electron chi connectivity index (χ0n) is 10.1. The molecule has 0 atom stereocenters. The third-order valence-electron chi connectivity index (χ3n) is 2.47. The van der Waals surface area contributed by atoms with Gasteiger partial charge in [0.05, 0.1) is 0 Å². The van der Waals surface area contributed by atoms with Crippen molar-refractivity contribution in [2.75, 3.05) is 31.7 Å². The second-order valence-corrected chi connectivity index (χ2v) is 3.85. The van der Waals surface area contributed by atoms with Crippen LogP contribution >= 0.6 is 0 Å². The molecule has 4 nitrogen and oxygen atoms in total. The first-order valence-electron chi connectivity index (χ1n) is 5.74. The van der Waals surface area contributed by atoms with E-state index in [4.69, 9.17) is 9.84 Å². The van der Waals surface area contributed by atoms with Crippen molar-refractivity contribution in [3.05, 3.63) is 30.3 Å². The van der Waals surface area contributed by atoms with Gasteiger partial charge in [-0.15, -0.1) is 0 Å². The number of rotatable bonds is 8. The van der Waals surface area contributed by atoms with Crippen molar-refractivity contribution in [1.82, 2.24) is 0 Å². The SMILES string of the molecule is COCCCCN(CC(=O)O)c1ccccc1.